The van der Waals surface area contributed by atoms with Gasteiger partial charge >= 0.3 is 0 Å². The van der Waals surface area contributed by atoms with E-state index in [4.69, 9.17) is 14.2 Å². The first kappa shape index (κ1) is 28.9. The monoisotopic (exact) mass is 595 g/mol. The van der Waals surface area contributed by atoms with E-state index in [9.17, 15) is 14.4 Å². The van der Waals surface area contributed by atoms with Crippen molar-refractivity contribution in [3.05, 3.63) is 90.1 Å². The summed E-state index contributed by atoms with van der Waals surface area (Å²) >= 11 is 0. The first-order valence-corrected chi connectivity index (χ1v) is 14.6. The minimum absolute atomic E-state index is 0.0993. The maximum absolute atomic E-state index is 13.6. The van der Waals surface area contributed by atoms with Crippen LogP contribution >= 0.6 is 0 Å². The van der Waals surface area contributed by atoms with Gasteiger partial charge in [-0.3, -0.25) is 14.4 Å². The summed E-state index contributed by atoms with van der Waals surface area (Å²) < 4.78 is 16.7. The number of rotatable bonds is 10. The summed E-state index contributed by atoms with van der Waals surface area (Å²) in [6.45, 7) is 1.73. The Bertz CT molecular complexity index is 1680. The Morgan fingerprint density at radius 2 is 1.68 bits per heavy atom. The van der Waals surface area contributed by atoms with Crippen LogP contribution in [0.1, 0.15) is 28.8 Å². The van der Waals surface area contributed by atoms with Crippen LogP contribution in [0.5, 0.6) is 23.1 Å². The highest BCUT2D eigenvalue weighted by Crippen LogP contribution is 2.37. The van der Waals surface area contributed by atoms with Crippen LogP contribution < -0.4 is 35.5 Å². The average molecular weight is 596 g/mol. The number of hydrogen-bond donors (Lipinski definition) is 4. The molecule has 0 bridgehead atoms. The summed E-state index contributed by atoms with van der Waals surface area (Å²) in [5.41, 5.74) is -0.00362. The quantitative estimate of drug-likeness (QED) is 0.205. The van der Waals surface area contributed by atoms with E-state index >= 15 is 0 Å². The van der Waals surface area contributed by atoms with Gasteiger partial charge in [-0.2, -0.15) is 0 Å². The lowest BCUT2D eigenvalue weighted by atomic mass is 9.86. The Balaban J connectivity index is 1.06. The molecule has 0 atom stereocenters. The predicted octanol–water partition coefficient (Wildman–Crippen LogP) is 3.08. The van der Waals surface area contributed by atoms with Gasteiger partial charge in [0.1, 0.15) is 16.9 Å². The predicted molar refractivity (Wildman–Crippen MR) is 163 cm³/mol. The number of carbonyl (C=O) groups is 3. The van der Waals surface area contributed by atoms with E-state index in [-0.39, 0.29) is 49.6 Å². The highest BCUT2D eigenvalue weighted by Gasteiger charge is 2.41. The molecular formula is C33H33N5O6. The number of nitrogens with zero attached hydrogens (tertiary/aromatic N) is 1. The SMILES string of the molecule is O=C(Cc1cccc2ccccc12)NCCNC(=O)C1(NC(=O)c2cccnc2Oc2ccc3c(c2)OCO3)CCNCC1. The van der Waals surface area contributed by atoms with Crippen LogP contribution in [0.2, 0.25) is 0 Å². The lowest BCUT2D eigenvalue weighted by Gasteiger charge is -2.37. The average Bonchev–Trinajstić information content (AvgIpc) is 3.52. The van der Waals surface area contributed by atoms with E-state index < -0.39 is 11.4 Å². The number of fused-ring (bicyclic) bond motifs is 2. The highest BCUT2D eigenvalue weighted by atomic mass is 16.7. The van der Waals surface area contributed by atoms with E-state index in [1.807, 2.05) is 42.5 Å². The number of amides is 3. The zero-order valence-electron chi connectivity index (χ0n) is 24.1. The van der Waals surface area contributed by atoms with Crippen molar-refractivity contribution in [3.8, 4) is 23.1 Å². The summed E-state index contributed by atoms with van der Waals surface area (Å²) in [5, 5.41) is 14.1. The summed E-state index contributed by atoms with van der Waals surface area (Å²) in [4.78, 5) is 44.0. The molecule has 3 amide bonds. The maximum Gasteiger partial charge on any atom is 0.257 e. The third-order valence-electron chi connectivity index (χ3n) is 7.78. The molecular weight excluding hydrogens is 562 g/mol. The molecule has 11 nitrogen and oxygen atoms in total. The zero-order chi connectivity index (χ0) is 30.4. The number of aromatic nitrogens is 1. The van der Waals surface area contributed by atoms with E-state index in [0.29, 0.717) is 43.2 Å². The number of benzene rings is 3. The Hall–Kier alpha value is -5.16. The van der Waals surface area contributed by atoms with Gasteiger partial charge < -0.3 is 35.5 Å². The molecule has 2 aliphatic rings. The fraction of sp³-hybridized carbons (Fsp3) is 0.273. The van der Waals surface area contributed by atoms with E-state index in [1.54, 1.807) is 30.3 Å². The molecule has 44 heavy (non-hydrogen) atoms. The number of nitrogens with one attached hydrogen (secondary N) is 4. The van der Waals surface area contributed by atoms with Crippen molar-refractivity contribution in [2.75, 3.05) is 33.0 Å². The summed E-state index contributed by atoms with van der Waals surface area (Å²) in [5.74, 6) is 0.763. The Morgan fingerprint density at radius 3 is 2.57 bits per heavy atom. The standard InChI is InChI=1S/C33H33N5O6/c39-29(19-23-7-3-6-22-5-1-2-8-25(22)23)35-17-18-37-32(41)33(12-15-34-16-13-33)38-30(40)26-9-4-14-36-31(26)44-24-10-11-27-28(20-24)43-21-42-27/h1-11,14,20,34H,12-13,15-19,21H2,(H,35,39)(H,37,41)(H,38,40). The van der Waals surface area contributed by atoms with Crippen LogP contribution in [0, 0.1) is 0 Å². The smallest absolute Gasteiger partial charge is 0.257 e. The van der Waals surface area contributed by atoms with Gasteiger partial charge in [-0.25, -0.2) is 4.98 Å². The first-order chi connectivity index (χ1) is 21.5. The van der Waals surface area contributed by atoms with Crippen molar-refractivity contribution in [3.63, 3.8) is 0 Å². The van der Waals surface area contributed by atoms with E-state index in [0.717, 1.165) is 16.3 Å². The molecule has 11 heteroatoms. The van der Waals surface area contributed by atoms with Gasteiger partial charge in [0.25, 0.3) is 5.91 Å². The summed E-state index contributed by atoms with van der Waals surface area (Å²) in [6, 6.07) is 22.2. The summed E-state index contributed by atoms with van der Waals surface area (Å²) in [7, 11) is 0. The van der Waals surface area contributed by atoms with Crippen molar-refractivity contribution < 1.29 is 28.6 Å². The minimum atomic E-state index is -1.14. The number of piperidine rings is 1. The molecule has 0 radical (unpaired) electrons. The van der Waals surface area contributed by atoms with Gasteiger partial charge in [0.2, 0.25) is 24.5 Å². The topological polar surface area (TPSA) is 140 Å². The molecule has 2 aliphatic heterocycles. The van der Waals surface area contributed by atoms with Crippen LogP contribution in [-0.2, 0) is 16.0 Å². The molecule has 3 heterocycles. The van der Waals surface area contributed by atoms with Gasteiger partial charge in [0.15, 0.2) is 11.5 Å². The molecule has 1 fully saturated rings. The third-order valence-corrected chi connectivity index (χ3v) is 7.78. The molecule has 6 rings (SSSR count). The van der Waals surface area contributed by atoms with E-state index in [1.165, 1.54) is 6.20 Å². The Labute approximate surface area is 254 Å². The van der Waals surface area contributed by atoms with Gasteiger partial charge in [-0.05, 0) is 66.5 Å². The molecule has 3 aromatic carbocycles. The zero-order valence-corrected chi connectivity index (χ0v) is 24.1. The summed E-state index contributed by atoms with van der Waals surface area (Å²) in [6.07, 6.45) is 2.57. The first-order valence-electron chi connectivity index (χ1n) is 14.6. The van der Waals surface area contributed by atoms with E-state index in [2.05, 4.69) is 26.3 Å². The van der Waals surface area contributed by atoms with Crippen LogP contribution in [0.3, 0.4) is 0 Å². The van der Waals surface area contributed by atoms with Crippen LogP contribution in [0.25, 0.3) is 10.8 Å². The van der Waals surface area contributed by atoms with Gasteiger partial charge in [-0.1, -0.05) is 42.5 Å². The largest absolute Gasteiger partial charge is 0.454 e. The lowest BCUT2D eigenvalue weighted by Crippen LogP contribution is -2.63. The molecule has 1 saturated heterocycles. The second-order valence-corrected chi connectivity index (χ2v) is 10.7. The van der Waals surface area contributed by atoms with Crippen molar-refractivity contribution >= 4 is 28.5 Å². The van der Waals surface area contributed by atoms with Crippen LogP contribution in [0.15, 0.2) is 79.0 Å². The number of hydrogen-bond acceptors (Lipinski definition) is 8. The van der Waals surface area contributed by atoms with Gasteiger partial charge in [0, 0.05) is 25.4 Å². The molecule has 226 valence electrons. The lowest BCUT2D eigenvalue weighted by molar-refractivity contribution is -0.128. The molecule has 4 aromatic rings. The molecule has 4 N–H and O–H groups in total. The Kier molecular flexibility index (Phi) is 8.55. The molecule has 0 saturated carbocycles. The van der Waals surface area contributed by atoms with Crippen molar-refractivity contribution in [1.82, 2.24) is 26.3 Å². The van der Waals surface area contributed by atoms with Crippen LogP contribution in [0.4, 0.5) is 0 Å². The normalized spacial score (nSPS) is 14.9. The van der Waals surface area contributed by atoms with Crippen molar-refractivity contribution in [2.24, 2.45) is 0 Å². The molecule has 0 spiro atoms. The second kappa shape index (κ2) is 13.0. The Morgan fingerprint density at radius 1 is 0.886 bits per heavy atom. The minimum Gasteiger partial charge on any atom is -0.454 e. The van der Waals surface area contributed by atoms with Gasteiger partial charge in [-0.15, -0.1) is 0 Å². The fourth-order valence-electron chi connectivity index (χ4n) is 5.47. The number of carbonyl (C=O) groups excluding carboxylic acids is 3. The third kappa shape index (κ3) is 6.42. The number of ether oxygens (including phenoxy) is 3. The fourth-order valence-corrected chi connectivity index (χ4v) is 5.47. The molecule has 0 aliphatic carbocycles. The van der Waals surface area contributed by atoms with Crippen LogP contribution in [-0.4, -0.2) is 61.2 Å². The van der Waals surface area contributed by atoms with Crippen molar-refractivity contribution in [1.29, 1.82) is 0 Å². The molecule has 1 aromatic heterocycles. The number of pyridine rings is 1. The highest BCUT2D eigenvalue weighted by molar-refractivity contribution is 6.01. The van der Waals surface area contributed by atoms with Gasteiger partial charge in [0.05, 0.1) is 6.42 Å². The van der Waals surface area contributed by atoms with Crippen molar-refractivity contribution in [2.45, 2.75) is 24.8 Å². The maximum atomic E-state index is 13.6. The molecule has 0 unspecified atom stereocenters. The second-order valence-electron chi connectivity index (χ2n) is 10.7.